The summed E-state index contributed by atoms with van der Waals surface area (Å²) >= 11 is 0. The van der Waals surface area contributed by atoms with Crippen molar-refractivity contribution in [1.29, 1.82) is 0 Å². The van der Waals surface area contributed by atoms with Crippen LogP contribution in [-0.4, -0.2) is 24.5 Å². The van der Waals surface area contributed by atoms with Crippen LogP contribution >= 0.6 is 0 Å². The summed E-state index contributed by atoms with van der Waals surface area (Å²) in [5, 5.41) is 0.463. The molecule has 0 aliphatic heterocycles. The van der Waals surface area contributed by atoms with Crippen molar-refractivity contribution in [2.45, 2.75) is 18.5 Å². The van der Waals surface area contributed by atoms with Crippen LogP contribution in [0, 0.1) is 6.92 Å². The number of nitrogen functional groups attached to an aromatic ring is 1. The van der Waals surface area contributed by atoms with Crippen molar-refractivity contribution in [3.05, 3.63) is 36.5 Å². The first-order valence-corrected chi connectivity index (χ1v) is 6.57. The molecule has 1 unspecified atom stereocenters. The van der Waals surface area contributed by atoms with Crippen LogP contribution in [0.5, 0.6) is 0 Å². The highest BCUT2D eigenvalue weighted by atomic mass is 32.2. The number of pyridine rings is 1. The minimum atomic E-state index is -1.17. The molecule has 1 atom stereocenters. The highest BCUT2D eigenvalue weighted by Gasteiger charge is 2.09. The minimum absolute atomic E-state index is 0.463. The van der Waals surface area contributed by atoms with Gasteiger partial charge in [-0.25, -0.2) is 9.97 Å². The van der Waals surface area contributed by atoms with Crippen molar-refractivity contribution < 1.29 is 4.21 Å². The predicted octanol–water partition coefficient (Wildman–Crippen LogP) is 0.977. The van der Waals surface area contributed by atoms with E-state index in [0.29, 0.717) is 23.0 Å². The van der Waals surface area contributed by atoms with Gasteiger partial charge in [-0.1, -0.05) is 0 Å². The number of anilines is 1. The Bertz CT molecular complexity index is 538. The van der Waals surface area contributed by atoms with Crippen LogP contribution in [0.1, 0.15) is 5.82 Å². The normalized spacial score (nSPS) is 12.5. The summed E-state index contributed by atoms with van der Waals surface area (Å²) in [6, 6.07) is 3.44. The van der Waals surface area contributed by atoms with Crippen molar-refractivity contribution in [2.75, 3.05) is 11.5 Å². The number of aromatic nitrogens is 3. The summed E-state index contributed by atoms with van der Waals surface area (Å²) in [7, 11) is -1.17. The van der Waals surface area contributed by atoms with Gasteiger partial charge in [-0.15, -0.1) is 0 Å². The summed E-state index contributed by atoms with van der Waals surface area (Å²) in [5.41, 5.74) is 6.21. The molecule has 0 aliphatic carbocycles. The summed E-state index contributed by atoms with van der Waals surface area (Å²) in [6.45, 7) is 2.56. The minimum Gasteiger partial charge on any atom is -0.396 e. The lowest BCUT2D eigenvalue weighted by atomic mass is 10.4. The zero-order valence-electron chi connectivity index (χ0n) is 9.54. The van der Waals surface area contributed by atoms with E-state index in [4.69, 9.17) is 5.73 Å². The highest BCUT2D eigenvalue weighted by Crippen LogP contribution is 2.12. The fourth-order valence-corrected chi connectivity index (χ4v) is 2.58. The topological polar surface area (TPSA) is 73.8 Å². The molecule has 6 heteroatoms. The molecule has 0 fully saturated rings. The molecule has 2 aromatic rings. The molecule has 2 aromatic heterocycles. The first-order valence-electron chi connectivity index (χ1n) is 5.25. The van der Waals surface area contributed by atoms with Crippen LogP contribution in [0.25, 0.3) is 0 Å². The lowest BCUT2D eigenvalue weighted by Gasteiger charge is -2.06. The zero-order valence-corrected chi connectivity index (χ0v) is 10.4. The number of rotatable bonds is 4. The van der Waals surface area contributed by atoms with Gasteiger partial charge in [0.1, 0.15) is 10.9 Å². The first kappa shape index (κ1) is 11.8. The number of nitrogens with two attached hydrogens (primary N) is 1. The van der Waals surface area contributed by atoms with Gasteiger partial charge in [0.15, 0.2) is 0 Å². The molecule has 2 rings (SSSR count). The maximum absolute atomic E-state index is 12.0. The third-order valence-corrected chi connectivity index (χ3v) is 3.78. The molecule has 0 bridgehead atoms. The Morgan fingerprint density at radius 3 is 2.88 bits per heavy atom. The standard InChI is InChI=1S/C11H14N4OS/c1-9-13-5-6-15(9)7-8-17(16)11-10(12)3-2-4-14-11/h2-6H,7-8,12H2,1H3. The summed E-state index contributed by atoms with van der Waals surface area (Å²) in [5.74, 6) is 1.40. The summed E-state index contributed by atoms with van der Waals surface area (Å²) in [6.07, 6.45) is 5.20. The molecule has 2 heterocycles. The fourth-order valence-electron chi connectivity index (χ4n) is 1.51. The Kier molecular flexibility index (Phi) is 3.53. The van der Waals surface area contributed by atoms with E-state index in [9.17, 15) is 4.21 Å². The Labute approximate surface area is 102 Å². The van der Waals surface area contributed by atoms with Gasteiger partial charge in [-0.05, 0) is 19.1 Å². The first-order chi connectivity index (χ1) is 8.18. The van der Waals surface area contributed by atoms with E-state index in [1.807, 2.05) is 17.7 Å². The summed E-state index contributed by atoms with van der Waals surface area (Å²) in [4.78, 5) is 8.16. The maximum atomic E-state index is 12.0. The number of hydrogen-bond donors (Lipinski definition) is 1. The monoisotopic (exact) mass is 250 g/mol. The third kappa shape index (κ3) is 2.71. The second-order valence-corrected chi connectivity index (χ2v) is 5.10. The molecular weight excluding hydrogens is 236 g/mol. The van der Waals surface area contributed by atoms with Gasteiger partial charge < -0.3 is 10.3 Å². The van der Waals surface area contributed by atoms with E-state index in [1.165, 1.54) is 0 Å². The summed E-state index contributed by atoms with van der Waals surface area (Å²) < 4.78 is 14.0. The lowest BCUT2D eigenvalue weighted by Crippen LogP contribution is -2.10. The van der Waals surface area contributed by atoms with Gasteiger partial charge in [-0.3, -0.25) is 4.21 Å². The van der Waals surface area contributed by atoms with Crippen molar-refractivity contribution in [1.82, 2.24) is 14.5 Å². The highest BCUT2D eigenvalue weighted by molar-refractivity contribution is 7.85. The van der Waals surface area contributed by atoms with Gasteiger partial charge in [0.2, 0.25) is 0 Å². The molecule has 5 nitrogen and oxygen atoms in total. The molecule has 17 heavy (non-hydrogen) atoms. The molecule has 2 N–H and O–H groups in total. The fraction of sp³-hybridized carbons (Fsp3) is 0.273. The van der Waals surface area contributed by atoms with E-state index in [0.717, 1.165) is 5.82 Å². The van der Waals surface area contributed by atoms with E-state index in [2.05, 4.69) is 9.97 Å². The van der Waals surface area contributed by atoms with Gasteiger partial charge in [-0.2, -0.15) is 0 Å². The van der Waals surface area contributed by atoms with Crippen LogP contribution in [0.3, 0.4) is 0 Å². The molecule has 90 valence electrons. The van der Waals surface area contributed by atoms with Gasteiger partial charge in [0.25, 0.3) is 0 Å². The molecular formula is C11H14N4OS. The number of imidazole rings is 1. The van der Waals surface area contributed by atoms with E-state index >= 15 is 0 Å². The van der Waals surface area contributed by atoms with Crippen molar-refractivity contribution in [3.8, 4) is 0 Å². The zero-order chi connectivity index (χ0) is 12.3. The maximum Gasteiger partial charge on any atom is 0.150 e. The smallest absolute Gasteiger partial charge is 0.150 e. The van der Waals surface area contributed by atoms with Crippen molar-refractivity contribution in [3.63, 3.8) is 0 Å². The second-order valence-electron chi connectivity index (χ2n) is 3.62. The van der Waals surface area contributed by atoms with Crippen LogP contribution in [0.2, 0.25) is 0 Å². The number of hydrogen-bond acceptors (Lipinski definition) is 4. The molecule has 0 saturated carbocycles. The molecule has 0 aliphatic rings. The molecule has 0 saturated heterocycles. The predicted molar refractivity (Wildman–Crippen MR) is 66.9 cm³/mol. The van der Waals surface area contributed by atoms with Gasteiger partial charge in [0, 0.05) is 30.9 Å². The molecule has 0 aromatic carbocycles. The van der Waals surface area contributed by atoms with Crippen molar-refractivity contribution >= 4 is 16.5 Å². The van der Waals surface area contributed by atoms with Crippen LogP contribution in [0.4, 0.5) is 5.69 Å². The molecule has 0 amide bonds. The Morgan fingerprint density at radius 2 is 2.24 bits per heavy atom. The van der Waals surface area contributed by atoms with Crippen molar-refractivity contribution in [2.24, 2.45) is 0 Å². The van der Waals surface area contributed by atoms with Crippen LogP contribution in [0.15, 0.2) is 35.7 Å². The van der Waals surface area contributed by atoms with Crippen LogP contribution < -0.4 is 5.73 Å². The Balaban J connectivity index is 2.04. The largest absolute Gasteiger partial charge is 0.396 e. The molecule has 0 spiro atoms. The van der Waals surface area contributed by atoms with Gasteiger partial charge in [0.05, 0.1) is 16.5 Å². The van der Waals surface area contributed by atoms with E-state index in [-0.39, 0.29) is 0 Å². The van der Waals surface area contributed by atoms with Crippen LogP contribution in [-0.2, 0) is 17.3 Å². The SMILES string of the molecule is Cc1nccn1CCS(=O)c1ncccc1N. The van der Waals surface area contributed by atoms with E-state index < -0.39 is 10.8 Å². The average Bonchev–Trinajstić information content (AvgIpc) is 2.72. The molecule has 0 radical (unpaired) electrons. The number of aryl methyl sites for hydroxylation is 2. The Hall–Kier alpha value is -1.69. The number of nitrogens with zero attached hydrogens (tertiary/aromatic N) is 3. The Morgan fingerprint density at radius 1 is 1.41 bits per heavy atom. The second kappa shape index (κ2) is 5.09. The average molecular weight is 250 g/mol. The lowest BCUT2D eigenvalue weighted by molar-refractivity contribution is 0.667. The van der Waals surface area contributed by atoms with Gasteiger partial charge >= 0.3 is 0 Å². The quantitative estimate of drug-likeness (QED) is 0.877. The third-order valence-electron chi connectivity index (χ3n) is 2.46. The van der Waals surface area contributed by atoms with E-state index in [1.54, 1.807) is 24.5 Å².